The lowest BCUT2D eigenvalue weighted by atomic mass is 9.91. The van der Waals surface area contributed by atoms with Gasteiger partial charge in [0.1, 0.15) is 0 Å². The maximum atomic E-state index is 14.0. The van der Waals surface area contributed by atoms with Crippen molar-refractivity contribution in [3.05, 3.63) is 28.2 Å². The summed E-state index contributed by atoms with van der Waals surface area (Å²) in [6.07, 6.45) is 1.59. The normalized spacial score (nSPS) is 16.8. The van der Waals surface area contributed by atoms with E-state index in [9.17, 15) is 13.7 Å². The summed E-state index contributed by atoms with van der Waals surface area (Å²) in [5.41, 5.74) is -0.688. The molecule has 0 aliphatic heterocycles. The van der Waals surface area contributed by atoms with E-state index in [-0.39, 0.29) is 18.6 Å². The average molecular weight is 367 g/mol. The first-order valence-corrected chi connectivity index (χ1v) is 8.16. The Morgan fingerprint density at radius 2 is 2.05 bits per heavy atom. The minimum atomic E-state index is -1.39. The molecule has 7 heteroatoms. The summed E-state index contributed by atoms with van der Waals surface area (Å²) >= 11 is 3.25. The first-order chi connectivity index (χ1) is 9.10. The number of rotatable bonds is 5. The van der Waals surface area contributed by atoms with Gasteiger partial charge in [-0.2, -0.15) is 4.39 Å². The van der Waals surface area contributed by atoms with Gasteiger partial charge in [-0.05, 0) is 56.1 Å². The minimum Gasteiger partial charge on any atom is -0.396 e. The van der Waals surface area contributed by atoms with E-state index >= 15 is 0 Å². The van der Waals surface area contributed by atoms with E-state index in [1.165, 1.54) is 6.20 Å². The van der Waals surface area contributed by atoms with E-state index in [4.69, 9.17) is 0 Å². The van der Waals surface area contributed by atoms with E-state index in [2.05, 4.69) is 25.6 Å². The minimum absolute atomic E-state index is 0.156. The van der Waals surface area contributed by atoms with Crippen molar-refractivity contribution in [2.75, 3.05) is 6.61 Å². The third-order valence-corrected chi connectivity index (χ3v) is 5.07. The number of hydrogen-bond donors (Lipinski definition) is 2. The van der Waals surface area contributed by atoms with Crippen molar-refractivity contribution in [3.63, 3.8) is 0 Å². The van der Waals surface area contributed by atoms with E-state index in [1.807, 2.05) is 20.8 Å². The number of aromatic nitrogens is 1. The molecule has 1 rings (SSSR count). The third kappa shape index (κ3) is 4.31. The number of nitrogens with one attached hydrogen (secondary N) is 1. The largest absolute Gasteiger partial charge is 0.396 e. The number of pyridine rings is 1. The highest BCUT2D eigenvalue weighted by molar-refractivity contribution is 9.10. The molecule has 1 aromatic heterocycles. The predicted octanol–water partition coefficient (Wildman–Crippen LogP) is 2.63. The van der Waals surface area contributed by atoms with Crippen LogP contribution in [-0.4, -0.2) is 25.7 Å². The first-order valence-electron chi connectivity index (χ1n) is 6.22. The van der Waals surface area contributed by atoms with Gasteiger partial charge in [0.15, 0.2) is 0 Å². The van der Waals surface area contributed by atoms with Crippen LogP contribution in [0.3, 0.4) is 0 Å². The fourth-order valence-electron chi connectivity index (χ4n) is 1.63. The number of hydrogen-bond acceptors (Lipinski definition) is 3. The number of aliphatic hydroxyl groups excluding tert-OH is 1. The highest BCUT2D eigenvalue weighted by Gasteiger charge is 2.34. The molecule has 0 amide bonds. The third-order valence-electron chi connectivity index (χ3n) is 2.89. The van der Waals surface area contributed by atoms with Crippen molar-refractivity contribution < 1.29 is 13.7 Å². The van der Waals surface area contributed by atoms with Crippen LogP contribution in [0.15, 0.2) is 16.7 Å². The topological polar surface area (TPSA) is 62.2 Å². The molecule has 0 radical (unpaired) electrons. The second kappa shape index (κ2) is 6.60. The summed E-state index contributed by atoms with van der Waals surface area (Å²) in [6, 6.07) is 1.59. The SMILES string of the molecule is CC(CCO)(N[S@](=O)C(C)(C)C)c1cc(Br)cnc1F. The van der Waals surface area contributed by atoms with Crippen LogP contribution in [0.1, 0.15) is 39.7 Å². The van der Waals surface area contributed by atoms with Crippen molar-refractivity contribution in [2.24, 2.45) is 0 Å². The van der Waals surface area contributed by atoms with Crippen LogP contribution in [0.2, 0.25) is 0 Å². The molecule has 2 atom stereocenters. The molecule has 20 heavy (non-hydrogen) atoms. The van der Waals surface area contributed by atoms with Crippen molar-refractivity contribution in [3.8, 4) is 0 Å². The summed E-state index contributed by atoms with van der Waals surface area (Å²) in [4.78, 5) is 3.66. The molecule has 0 aliphatic rings. The molecule has 0 saturated heterocycles. The summed E-state index contributed by atoms with van der Waals surface area (Å²) < 4.78 is 29.3. The van der Waals surface area contributed by atoms with Crippen LogP contribution in [0.25, 0.3) is 0 Å². The summed E-state index contributed by atoms with van der Waals surface area (Å²) in [6.45, 7) is 7.02. The van der Waals surface area contributed by atoms with Crippen LogP contribution in [-0.2, 0) is 16.5 Å². The van der Waals surface area contributed by atoms with E-state index in [0.717, 1.165) is 0 Å². The van der Waals surface area contributed by atoms with Gasteiger partial charge in [0, 0.05) is 22.8 Å². The van der Waals surface area contributed by atoms with Gasteiger partial charge in [0.2, 0.25) is 5.95 Å². The van der Waals surface area contributed by atoms with Crippen LogP contribution in [0, 0.1) is 5.95 Å². The van der Waals surface area contributed by atoms with Crippen molar-refractivity contribution in [1.82, 2.24) is 9.71 Å². The number of aliphatic hydroxyl groups is 1. The quantitative estimate of drug-likeness (QED) is 0.787. The van der Waals surface area contributed by atoms with Crippen molar-refractivity contribution >= 4 is 26.9 Å². The molecule has 1 heterocycles. The standard InChI is InChI=1S/C13H20BrFN2O2S/c1-12(2,3)20(19)17-13(4,5-6-18)10-7-9(14)8-16-11(10)15/h7-8,17-18H,5-6H2,1-4H3/t13?,20-/m1/s1. The van der Waals surface area contributed by atoms with Gasteiger partial charge < -0.3 is 5.11 Å². The second-order valence-electron chi connectivity index (χ2n) is 5.78. The second-order valence-corrected chi connectivity index (χ2v) is 8.66. The highest BCUT2D eigenvalue weighted by atomic mass is 79.9. The van der Waals surface area contributed by atoms with Crippen LogP contribution < -0.4 is 4.72 Å². The van der Waals surface area contributed by atoms with Crippen molar-refractivity contribution in [2.45, 2.75) is 44.4 Å². The Hall–Kier alpha value is -0.370. The maximum Gasteiger partial charge on any atom is 0.218 e. The monoisotopic (exact) mass is 366 g/mol. The van der Waals surface area contributed by atoms with Gasteiger partial charge in [0.25, 0.3) is 0 Å². The lowest BCUT2D eigenvalue weighted by Crippen LogP contribution is -2.47. The molecule has 0 saturated carbocycles. The Morgan fingerprint density at radius 1 is 1.45 bits per heavy atom. The number of nitrogens with zero attached hydrogens (tertiary/aromatic N) is 1. The average Bonchev–Trinajstić information content (AvgIpc) is 2.31. The molecule has 1 unspecified atom stereocenters. The Balaban J connectivity index is 3.21. The van der Waals surface area contributed by atoms with E-state index < -0.39 is 27.2 Å². The zero-order valence-corrected chi connectivity index (χ0v) is 14.4. The molecule has 2 N–H and O–H groups in total. The molecular formula is C13H20BrFN2O2S. The van der Waals surface area contributed by atoms with E-state index in [1.54, 1.807) is 13.0 Å². The lowest BCUT2D eigenvalue weighted by molar-refractivity contribution is 0.235. The molecular weight excluding hydrogens is 347 g/mol. The van der Waals surface area contributed by atoms with Gasteiger partial charge >= 0.3 is 0 Å². The van der Waals surface area contributed by atoms with Crippen LogP contribution in [0.5, 0.6) is 0 Å². The van der Waals surface area contributed by atoms with Crippen LogP contribution in [0.4, 0.5) is 4.39 Å². The first kappa shape index (κ1) is 17.7. The fourth-order valence-corrected chi connectivity index (χ4v) is 2.89. The summed E-state index contributed by atoms with van der Waals surface area (Å²) in [7, 11) is -1.39. The molecule has 1 aromatic rings. The molecule has 0 aliphatic carbocycles. The summed E-state index contributed by atoms with van der Waals surface area (Å²) in [5, 5.41) is 9.25. The smallest absolute Gasteiger partial charge is 0.218 e. The van der Waals surface area contributed by atoms with Gasteiger partial charge in [-0.25, -0.2) is 13.9 Å². The fraction of sp³-hybridized carbons (Fsp3) is 0.615. The van der Waals surface area contributed by atoms with Gasteiger partial charge in [0.05, 0.1) is 21.3 Å². The molecule has 0 fully saturated rings. The molecule has 0 spiro atoms. The Morgan fingerprint density at radius 3 is 2.55 bits per heavy atom. The van der Waals surface area contributed by atoms with Gasteiger partial charge in [-0.1, -0.05) is 0 Å². The number of halogens is 2. The van der Waals surface area contributed by atoms with Gasteiger partial charge in [-0.3, -0.25) is 0 Å². The highest BCUT2D eigenvalue weighted by Crippen LogP contribution is 2.30. The molecule has 0 bridgehead atoms. The molecule has 114 valence electrons. The van der Waals surface area contributed by atoms with Crippen molar-refractivity contribution in [1.29, 1.82) is 0 Å². The van der Waals surface area contributed by atoms with E-state index in [0.29, 0.717) is 4.47 Å². The zero-order valence-electron chi connectivity index (χ0n) is 12.0. The van der Waals surface area contributed by atoms with Gasteiger partial charge in [-0.15, -0.1) is 0 Å². The molecule has 0 aromatic carbocycles. The Bertz CT molecular complexity index is 508. The maximum absolute atomic E-state index is 14.0. The Kier molecular flexibility index (Phi) is 5.83. The Labute approximate surface area is 129 Å². The lowest BCUT2D eigenvalue weighted by Gasteiger charge is -2.33. The molecule has 4 nitrogen and oxygen atoms in total. The summed E-state index contributed by atoms with van der Waals surface area (Å²) in [5.74, 6) is -0.637. The zero-order chi connectivity index (χ0) is 15.6. The van der Waals surface area contributed by atoms with Crippen LogP contribution >= 0.6 is 15.9 Å². The predicted molar refractivity (Wildman–Crippen MR) is 82.0 cm³/mol.